The van der Waals surface area contributed by atoms with Gasteiger partial charge >= 0.3 is 5.97 Å². The van der Waals surface area contributed by atoms with Gasteiger partial charge in [-0.2, -0.15) is 0 Å². The van der Waals surface area contributed by atoms with Crippen LogP contribution in [0, 0.1) is 11.8 Å². The lowest BCUT2D eigenvalue weighted by molar-refractivity contribution is 0.0601. The first-order chi connectivity index (χ1) is 10.1. The van der Waals surface area contributed by atoms with Crippen molar-refractivity contribution in [2.24, 2.45) is 11.8 Å². The largest absolute Gasteiger partial charge is 0.465 e. The quantitative estimate of drug-likeness (QED) is 0.655. The Morgan fingerprint density at radius 2 is 1.86 bits per heavy atom. The van der Waals surface area contributed by atoms with Crippen LogP contribution in [0.15, 0.2) is 24.3 Å². The first kappa shape index (κ1) is 15.9. The van der Waals surface area contributed by atoms with Gasteiger partial charge < -0.3 is 10.1 Å². The van der Waals surface area contributed by atoms with E-state index < -0.39 is 0 Å². The van der Waals surface area contributed by atoms with E-state index in [9.17, 15) is 4.79 Å². The van der Waals surface area contributed by atoms with E-state index in [-0.39, 0.29) is 5.97 Å². The Kier molecular flexibility index (Phi) is 5.66. The number of carbonyl (C=O) groups is 1. The monoisotopic (exact) mass is 289 g/mol. The van der Waals surface area contributed by atoms with Gasteiger partial charge in [0.05, 0.1) is 12.7 Å². The van der Waals surface area contributed by atoms with E-state index in [1.165, 1.54) is 39.2 Å². The number of methoxy groups -OCH3 is 1. The summed E-state index contributed by atoms with van der Waals surface area (Å²) in [4.78, 5) is 11.4. The van der Waals surface area contributed by atoms with E-state index in [1.807, 2.05) is 24.3 Å². The molecule has 0 radical (unpaired) electrons. The van der Waals surface area contributed by atoms with Crippen molar-refractivity contribution >= 4 is 11.7 Å². The van der Waals surface area contributed by atoms with Crippen molar-refractivity contribution in [1.82, 2.24) is 0 Å². The molecule has 0 spiro atoms. The Morgan fingerprint density at radius 3 is 2.48 bits per heavy atom. The molecular formula is C18H27NO2. The van der Waals surface area contributed by atoms with Gasteiger partial charge in [-0.1, -0.05) is 26.7 Å². The maximum absolute atomic E-state index is 11.4. The number of carbonyl (C=O) groups excluding carboxylic acids is 1. The predicted molar refractivity (Wildman–Crippen MR) is 86.6 cm³/mol. The molecular weight excluding hydrogens is 262 g/mol. The van der Waals surface area contributed by atoms with Gasteiger partial charge in [0.25, 0.3) is 0 Å². The summed E-state index contributed by atoms with van der Waals surface area (Å²) in [7, 11) is 1.41. The number of hydrogen-bond donors (Lipinski definition) is 1. The third kappa shape index (κ3) is 4.48. The SMILES string of the molecule is COC(=O)c1ccc(NC2CCCC(C(C)C)CC2)cc1. The molecule has 0 aromatic heterocycles. The maximum Gasteiger partial charge on any atom is 0.337 e. The predicted octanol–water partition coefficient (Wildman–Crippen LogP) is 4.49. The van der Waals surface area contributed by atoms with Crippen LogP contribution in [0.2, 0.25) is 0 Å². The van der Waals surface area contributed by atoms with E-state index in [1.54, 1.807) is 0 Å². The Bertz CT molecular complexity index is 453. The number of hydrogen-bond acceptors (Lipinski definition) is 3. The van der Waals surface area contributed by atoms with E-state index in [0.717, 1.165) is 17.5 Å². The van der Waals surface area contributed by atoms with Crippen molar-refractivity contribution in [2.75, 3.05) is 12.4 Å². The van der Waals surface area contributed by atoms with Crippen LogP contribution in [-0.2, 0) is 4.74 Å². The topological polar surface area (TPSA) is 38.3 Å². The molecule has 1 aliphatic carbocycles. The average molecular weight is 289 g/mol. The molecule has 0 saturated heterocycles. The standard InChI is InChI=1S/C18H27NO2/c1-13(2)14-5-4-6-16(10-7-14)19-17-11-8-15(9-12-17)18(20)21-3/h8-9,11-14,16,19H,4-7,10H2,1-3H3. The summed E-state index contributed by atoms with van der Waals surface area (Å²) in [5.41, 5.74) is 1.69. The van der Waals surface area contributed by atoms with Crippen molar-refractivity contribution in [3.8, 4) is 0 Å². The number of nitrogens with one attached hydrogen (secondary N) is 1. The molecule has 2 rings (SSSR count). The number of anilines is 1. The first-order valence-electron chi connectivity index (χ1n) is 8.05. The molecule has 1 aliphatic rings. The highest BCUT2D eigenvalue weighted by atomic mass is 16.5. The first-order valence-corrected chi connectivity index (χ1v) is 8.05. The van der Waals surface area contributed by atoms with Crippen LogP contribution >= 0.6 is 0 Å². The highest BCUT2D eigenvalue weighted by Gasteiger charge is 2.20. The van der Waals surface area contributed by atoms with Crippen LogP contribution in [0.5, 0.6) is 0 Å². The molecule has 0 bridgehead atoms. The Hall–Kier alpha value is -1.51. The molecule has 1 N–H and O–H groups in total. The lowest BCUT2D eigenvalue weighted by Crippen LogP contribution is -2.18. The zero-order valence-corrected chi connectivity index (χ0v) is 13.4. The molecule has 0 amide bonds. The fraction of sp³-hybridized carbons (Fsp3) is 0.611. The van der Waals surface area contributed by atoms with Gasteiger partial charge in [0.15, 0.2) is 0 Å². The molecule has 1 fully saturated rings. The smallest absolute Gasteiger partial charge is 0.337 e. The summed E-state index contributed by atoms with van der Waals surface area (Å²) in [5, 5.41) is 3.61. The second-order valence-electron chi connectivity index (χ2n) is 6.42. The Balaban J connectivity index is 1.91. The van der Waals surface area contributed by atoms with Crippen LogP contribution in [-0.4, -0.2) is 19.1 Å². The summed E-state index contributed by atoms with van der Waals surface area (Å²) in [5.74, 6) is 1.39. The lowest BCUT2D eigenvalue weighted by atomic mass is 9.89. The van der Waals surface area contributed by atoms with E-state index in [2.05, 4.69) is 19.2 Å². The summed E-state index contributed by atoms with van der Waals surface area (Å²) in [6.45, 7) is 4.67. The third-order valence-corrected chi connectivity index (χ3v) is 4.63. The average Bonchev–Trinajstić information content (AvgIpc) is 2.73. The Labute approximate surface area is 128 Å². The number of esters is 1. The molecule has 116 valence electrons. The van der Waals surface area contributed by atoms with Crippen LogP contribution < -0.4 is 5.32 Å². The second-order valence-corrected chi connectivity index (χ2v) is 6.42. The van der Waals surface area contributed by atoms with E-state index in [4.69, 9.17) is 4.74 Å². The summed E-state index contributed by atoms with van der Waals surface area (Å²) < 4.78 is 4.72. The number of ether oxygens (including phenoxy) is 1. The summed E-state index contributed by atoms with van der Waals surface area (Å²) >= 11 is 0. The molecule has 2 atom stereocenters. The minimum atomic E-state index is -0.282. The van der Waals surface area contributed by atoms with Crippen LogP contribution in [0.1, 0.15) is 56.3 Å². The molecule has 3 nitrogen and oxygen atoms in total. The van der Waals surface area contributed by atoms with Gasteiger partial charge in [-0.05, 0) is 55.4 Å². The van der Waals surface area contributed by atoms with Gasteiger partial charge in [-0.3, -0.25) is 0 Å². The highest BCUT2D eigenvalue weighted by molar-refractivity contribution is 5.89. The lowest BCUT2D eigenvalue weighted by Gasteiger charge is -2.20. The second kappa shape index (κ2) is 7.48. The molecule has 1 aromatic rings. The van der Waals surface area contributed by atoms with Crippen molar-refractivity contribution < 1.29 is 9.53 Å². The summed E-state index contributed by atoms with van der Waals surface area (Å²) in [6.07, 6.45) is 6.46. The zero-order valence-electron chi connectivity index (χ0n) is 13.4. The molecule has 3 heteroatoms. The fourth-order valence-corrected chi connectivity index (χ4v) is 3.20. The number of benzene rings is 1. The van der Waals surface area contributed by atoms with Crippen LogP contribution in [0.4, 0.5) is 5.69 Å². The van der Waals surface area contributed by atoms with Crippen molar-refractivity contribution in [3.63, 3.8) is 0 Å². The fourth-order valence-electron chi connectivity index (χ4n) is 3.20. The highest BCUT2D eigenvalue weighted by Crippen LogP contribution is 2.30. The molecule has 21 heavy (non-hydrogen) atoms. The third-order valence-electron chi connectivity index (χ3n) is 4.63. The molecule has 1 saturated carbocycles. The minimum Gasteiger partial charge on any atom is -0.465 e. The maximum atomic E-state index is 11.4. The van der Waals surface area contributed by atoms with E-state index in [0.29, 0.717) is 11.6 Å². The van der Waals surface area contributed by atoms with E-state index >= 15 is 0 Å². The van der Waals surface area contributed by atoms with Crippen molar-refractivity contribution in [3.05, 3.63) is 29.8 Å². The van der Waals surface area contributed by atoms with Crippen LogP contribution in [0.3, 0.4) is 0 Å². The normalized spacial score (nSPS) is 22.7. The summed E-state index contributed by atoms with van der Waals surface area (Å²) in [6, 6.07) is 8.13. The number of rotatable bonds is 4. The van der Waals surface area contributed by atoms with Gasteiger partial charge in [-0.25, -0.2) is 4.79 Å². The van der Waals surface area contributed by atoms with Crippen molar-refractivity contribution in [2.45, 2.75) is 52.0 Å². The van der Waals surface area contributed by atoms with Gasteiger partial charge in [-0.15, -0.1) is 0 Å². The van der Waals surface area contributed by atoms with Gasteiger partial charge in [0.1, 0.15) is 0 Å². The van der Waals surface area contributed by atoms with Gasteiger partial charge in [0.2, 0.25) is 0 Å². The molecule has 1 aromatic carbocycles. The van der Waals surface area contributed by atoms with Gasteiger partial charge in [0, 0.05) is 11.7 Å². The Morgan fingerprint density at radius 1 is 1.14 bits per heavy atom. The molecule has 0 aliphatic heterocycles. The molecule has 2 unspecified atom stereocenters. The van der Waals surface area contributed by atoms with Crippen LogP contribution in [0.25, 0.3) is 0 Å². The zero-order chi connectivity index (χ0) is 15.2. The molecule has 0 heterocycles. The minimum absolute atomic E-state index is 0.282. The van der Waals surface area contributed by atoms with Crippen molar-refractivity contribution in [1.29, 1.82) is 0 Å².